The second kappa shape index (κ2) is 7.44. The van der Waals surface area contributed by atoms with Crippen LogP contribution in [0.3, 0.4) is 0 Å². The summed E-state index contributed by atoms with van der Waals surface area (Å²) in [7, 11) is 0. The quantitative estimate of drug-likeness (QED) is 0.606. The molecule has 9 heteroatoms. The van der Waals surface area contributed by atoms with E-state index in [1.807, 2.05) is 18.2 Å². The van der Waals surface area contributed by atoms with Gasteiger partial charge in [-0.25, -0.2) is 14.6 Å². The average Bonchev–Trinajstić information content (AvgIpc) is 3.40. The number of benzene rings is 1. The van der Waals surface area contributed by atoms with Gasteiger partial charge in [0.15, 0.2) is 0 Å². The number of halogens is 3. The summed E-state index contributed by atoms with van der Waals surface area (Å²) < 4.78 is 27.2. The van der Waals surface area contributed by atoms with Crippen molar-refractivity contribution < 1.29 is 13.9 Å². The van der Waals surface area contributed by atoms with Gasteiger partial charge in [0.05, 0.1) is 12.3 Å². The van der Waals surface area contributed by atoms with Crippen LogP contribution >= 0.6 is 11.6 Å². The number of nitrogens with zero attached hydrogens (tertiary/aromatic N) is 4. The standard InChI is InChI=1S/C19H18ClF2N5O/c20-16-7-15(24-19(23)25-16)17-13(8-27(26-17)18(21)22)6-12-5-10(9-28)1-4-14(12)11-2-3-11/h1,4-5,7-8,11,18,28H,2-3,6,9H2,(H2,23,24,25). The Labute approximate surface area is 165 Å². The molecule has 1 saturated carbocycles. The Morgan fingerprint density at radius 1 is 1.21 bits per heavy atom. The van der Waals surface area contributed by atoms with E-state index in [-0.39, 0.29) is 29.1 Å². The maximum absolute atomic E-state index is 13.3. The second-order valence-electron chi connectivity index (χ2n) is 6.84. The van der Waals surface area contributed by atoms with Crippen LogP contribution in [0.4, 0.5) is 14.7 Å². The first kappa shape index (κ1) is 18.8. The lowest BCUT2D eigenvalue weighted by atomic mass is 9.95. The van der Waals surface area contributed by atoms with Crippen LogP contribution < -0.4 is 5.73 Å². The van der Waals surface area contributed by atoms with Crippen molar-refractivity contribution in [2.45, 2.75) is 38.3 Å². The highest BCUT2D eigenvalue weighted by Crippen LogP contribution is 2.42. The maximum atomic E-state index is 13.3. The fraction of sp³-hybridized carbons (Fsp3) is 0.316. The van der Waals surface area contributed by atoms with Gasteiger partial charge in [0, 0.05) is 24.2 Å². The summed E-state index contributed by atoms with van der Waals surface area (Å²) in [6.45, 7) is -2.87. The number of alkyl halides is 2. The zero-order chi connectivity index (χ0) is 19.8. The fourth-order valence-corrected chi connectivity index (χ4v) is 3.53. The van der Waals surface area contributed by atoms with Gasteiger partial charge in [0.1, 0.15) is 10.8 Å². The molecule has 3 aromatic rings. The number of hydrogen-bond acceptors (Lipinski definition) is 5. The SMILES string of the molecule is Nc1nc(Cl)cc(-c2nn(C(F)F)cc2Cc2cc(CO)ccc2C2CC2)n1. The van der Waals surface area contributed by atoms with E-state index in [1.54, 1.807) is 0 Å². The minimum absolute atomic E-state index is 0.0546. The third kappa shape index (κ3) is 3.83. The van der Waals surface area contributed by atoms with Crippen molar-refractivity contribution >= 4 is 17.5 Å². The van der Waals surface area contributed by atoms with Gasteiger partial charge in [-0.3, -0.25) is 0 Å². The van der Waals surface area contributed by atoms with E-state index in [4.69, 9.17) is 17.3 Å². The molecule has 0 radical (unpaired) electrons. The molecule has 4 rings (SSSR count). The molecule has 2 heterocycles. The summed E-state index contributed by atoms with van der Waals surface area (Å²) in [4.78, 5) is 7.91. The Hall–Kier alpha value is -2.58. The van der Waals surface area contributed by atoms with Gasteiger partial charge in [-0.1, -0.05) is 29.8 Å². The fourth-order valence-electron chi connectivity index (χ4n) is 3.34. The van der Waals surface area contributed by atoms with Crippen molar-refractivity contribution in [2.75, 3.05) is 5.73 Å². The average molecular weight is 406 g/mol. The predicted molar refractivity (Wildman–Crippen MR) is 101 cm³/mol. The highest BCUT2D eigenvalue weighted by atomic mass is 35.5. The number of nitrogen functional groups attached to an aromatic ring is 1. The van der Waals surface area contributed by atoms with E-state index in [9.17, 15) is 13.9 Å². The highest BCUT2D eigenvalue weighted by Gasteiger charge is 2.27. The number of anilines is 1. The van der Waals surface area contributed by atoms with Crippen LogP contribution in [0.2, 0.25) is 5.15 Å². The summed E-state index contributed by atoms with van der Waals surface area (Å²) >= 11 is 5.95. The first-order valence-electron chi connectivity index (χ1n) is 8.83. The maximum Gasteiger partial charge on any atom is 0.333 e. The van der Waals surface area contributed by atoms with E-state index in [2.05, 4.69) is 15.1 Å². The Bertz CT molecular complexity index is 999. The summed E-state index contributed by atoms with van der Waals surface area (Å²) in [5, 5.41) is 13.6. The summed E-state index contributed by atoms with van der Waals surface area (Å²) in [6.07, 6.45) is 3.90. The van der Waals surface area contributed by atoms with Crippen LogP contribution in [0.25, 0.3) is 11.4 Å². The molecule has 1 aromatic carbocycles. The Morgan fingerprint density at radius 3 is 2.64 bits per heavy atom. The molecule has 0 bridgehead atoms. The Morgan fingerprint density at radius 2 is 2.00 bits per heavy atom. The van der Waals surface area contributed by atoms with Gasteiger partial charge in [-0.15, -0.1) is 0 Å². The molecule has 1 aliphatic rings. The van der Waals surface area contributed by atoms with Crippen LogP contribution in [0.1, 0.15) is 47.6 Å². The molecule has 0 unspecified atom stereocenters. The minimum atomic E-state index is -2.78. The number of aromatic nitrogens is 4. The topological polar surface area (TPSA) is 89.8 Å². The van der Waals surface area contributed by atoms with Gasteiger partial charge in [0.2, 0.25) is 5.95 Å². The predicted octanol–water partition coefficient (Wildman–Crippen LogP) is 3.93. The van der Waals surface area contributed by atoms with Gasteiger partial charge < -0.3 is 10.8 Å². The monoisotopic (exact) mass is 405 g/mol. The first-order valence-corrected chi connectivity index (χ1v) is 9.21. The van der Waals surface area contributed by atoms with E-state index in [1.165, 1.54) is 17.8 Å². The zero-order valence-electron chi connectivity index (χ0n) is 14.8. The molecule has 0 spiro atoms. The smallest absolute Gasteiger partial charge is 0.333 e. The first-order chi connectivity index (χ1) is 13.4. The lowest BCUT2D eigenvalue weighted by Crippen LogP contribution is -2.01. The van der Waals surface area contributed by atoms with Crippen molar-refractivity contribution in [1.29, 1.82) is 0 Å². The molecule has 6 nitrogen and oxygen atoms in total. The Kier molecular flexibility index (Phi) is 4.99. The molecule has 1 aliphatic carbocycles. The van der Waals surface area contributed by atoms with Crippen molar-refractivity contribution in [3.63, 3.8) is 0 Å². The number of rotatable bonds is 6. The van der Waals surface area contributed by atoms with Crippen LogP contribution in [-0.4, -0.2) is 24.9 Å². The van der Waals surface area contributed by atoms with E-state index < -0.39 is 6.55 Å². The van der Waals surface area contributed by atoms with Crippen LogP contribution in [0, 0.1) is 0 Å². The summed E-state index contributed by atoms with van der Waals surface area (Å²) in [6, 6.07) is 7.27. The zero-order valence-corrected chi connectivity index (χ0v) is 15.6. The third-order valence-electron chi connectivity index (χ3n) is 4.75. The van der Waals surface area contributed by atoms with Crippen LogP contribution in [-0.2, 0) is 13.0 Å². The van der Waals surface area contributed by atoms with E-state index in [0.29, 0.717) is 22.6 Å². The van der Waals surface area contributed by atoms with Crippen LogP contribution in [0.5, 0.6) is 0 Å². The molecule has 0 atom stereocenters. The van der Waals surface area contributed by atoms with E-state index in [0.717, 1.165) is 24.0 Å². The molecule has 3 N–H and O–H groups in total. The molecule has 0 saturated heterocycles. The normalized spacial score (nSPS) is 14.0. The summed E-state index contributed by atoms with van der Waals surface area (Å²) in [5.74, 6) is 0.418. The summed E-state index contributed by atoms with van der Waals surface area (Å²) in [5.41, 5.74) is 9.74. The number of aliphatic hydroxyl groups excluding tert-OH is 1. The molecule has 0 amide bonds. The lowest BCUT2D eigenvalue weighted by molar-refractivity contribution is 0.0567. The second-order valence-corrected chi connectivity index (χ2v) is 7.22. The molecule has 28 heavy (non-hydrogen) atoms. The number of nitrogens with two attached hydrogens (primary N) is 1. The molecule has 1 fully saturated rings. The van der Waals surface area contributed by atoms with Gasteiger partial charge in [0.25, 0.3) is 0 Å². The van der Waals surface area contributed by atoms with Gasteiger partial charge in [-0.2, -0.15) is 13.9 Å². The van der Waals surface area contributed by atoms with E-state index >= 15 is 0 Å². The highest BCUT2D eigenvalue weighted by molar-refractivity contribution is 6.29. The molecule has 2 aromatic heterocycles. The largest absolute Gasteiger partial charge is 0.392 e. The number of aliphatic hydroxyl groups is 1. The molecule has 0 aliphatic heterocycles. The van der Waals surface area contributed by atoms with Crippen molar-refractivity contribution in [2.24, 2.45) is 0 Å². The van der Waals surface area contributed by atoms with Gasteiger partial charge in [-0.05, 0) is 35.4 Å². The Balaban J connectivity index is 1.79. The molecular weight excluding hydrogens is 388 g/mol. The lowest BCUT2D eigenvalue weighted by Gasteiger charge is -2.11. The van der Waals surface area contributed by atoms with Crippen molar-refractivity contribution in [3.8, 4) is 11.4 Å². The number of hydrogen-bond donors (Lipinski definition) is 2. The van der Waals surface area contributed by atoms with Crippen molar-refractivity contribution in [1.82, 2.24) is 19.7 Å². The van der Waals surface area contributed by atoms with Gasteiger partial charge >= 0.3 is 6.55 Å². The van der Waals surface area contributed by atoms with Crippen LogP contribution in [0.15, 0.2) is 30.5 Å². The van der Waals surface area contributed by atoms with Crippen molar-refractivity contribution in [3.05, 3.63) is 57.9 Å². The minimum Gasteiger partial charge on any atom is -0.392 e. The third-order valence-corrected chi connectivity index (χ3v) is 4.94. The molecular formula is C19H18ClF2N5O. The molecule has 146 valence electrons.